The van der Waals surface area contributed by atoms with Crippen LogP contribution in [0.5, 0.6) is 0 Å². The SMILES string of the molecule is Cc1cccc(C)c1CN1C(=O)C(C)NC(=O)C1(C)C. The minimum Gasteiger partial charge on any atom is -0.343 e. The largest absolute Gasteiger partial charge is 0.343 e. The summed E-state index contributed by atoms with van der Waals surface area (Å²) in [5.41, 5.74) is 2.59. The van der Waals surface area contributed by atoms with Gasteiger partial charge in [-0.1, -0.05) is 18.2 Å². The van der Waals surface area contributed by atoms with E-state index >= 15 is 0 Å². The molecule has 1 atom stereocenters. The van der Waals surface area contributed by atoms with Gasteiger partial charge < -0.3 is 10.2 Å². The first-order chi connectivity index (χ1) is 9.25. The Balaban J connectivity index is 2.39. The molecule has 1 aromatic carbocycles. The third-order valence-electron chi connectivity index (χ3n) is 4.18. The minimum atomic E-state index is -0.821. The highest BCUT2D eigenvalue weighted by molar-refractivity contribution is 5.99. The second-order valence-electron chi connectivity index (χ2n) is 6.05. The van der Waals surface area contributed by atoms with Crippen molar-refractivity contribution in [1.29, 1.82) is 0 Å². The molecule has 0 bridgehead atoms. The van der Waals surface area contributed by atoms with Crippen molar-refractivity contribution in [2.75, 3.05) is 0 Å². The van der Waals surface area contributed by atoms with E-state index in [0.29, 0.717) is 6.54 Å². The number of carbonyl (C=O) groups excluding carboxylic acids is 2. The maximum absolute atomic E-state index is 12.4. The molecule has 0 aliphatic carbocycles. The van der Waals surface area contributed by atoms with Crippen LogP contribution in [0, 0.1) is 13.8 Å². The summed E-state index contributed by atoms with van der Waals surface area (Å²) in [5.74, 6) is -0.131. The van der Waals surface area contributed by atoms with Crippen LogP contribution in [0.1, 0.15) is 37.5 Å². The van der Waals surface area contributed by atoms with Gasteiger partial charge in [-0.15, -0.1) is 0 Å². The van der Waals surface area contributed by atoms with Crippen molar-refractivity contribution in [3.05, 3.63) is 34.9 Å². The van der Waals surface area contributed by atoms with Crippen molar-refractivity contribution >= 4 is 11.8 Å². The zero-order valence-electron chi connectivity index (χ0n) is 12.8. The lowest BCUT2D eigenvalue weighted by Gasteiger charge is -2.44. The molecule has 0 radical (unpaired) electrons. The Morgan fingerprint density at radius 2 is 1.75 bits per heavy atom. The van der Waals surface area contributed by atoms with Gasteiger partial charge in [0.05, 0.1) is 0 Å². The van der Waals surface area contributed by atoms with Crippen molar-refractivity contribution in [1.82, 2.24) is 10.2 Å². The molecular weight excluding hydrogens is 252 g/mol. The number of nitrogens with zero attached hydrogens (tertiary/aromatic N) is 1. The van der Waals surface area contributed by atoms with Crippen LogP contribution in [0.4, 0.5) is 0 Å². The third kappa shape index (κ3) is 2.30. The average Bonchev–Trinajstić information content (AvgIpc) is 2.35. The second kappa shape index (κ2) is 4.93. The number of rotatable bonds is 2. The monoisotopic (exact) mass is 274 g/mol. The maximum Gasteiger partial charge on any atom is 0.246 e. The zero-order chi connectivity index (χ0) is 15.1. The lowest BCUT2D eigenvalue weighted by atomic mass is 9.93. The highest BCUT2D eigenvalue weighted by Crippen LogP contribution is 2.26. The lowest BCUT2D eigenvalue weighted by molar-refractivity contribution is -0.155. The van der Waals surface area contributed by atoms with Crippen molar-refractivity contribution in [2.24, 2.45) is 0 Å². The highest BCUT2D eigenvalue weighted by Gasteiger charge is 2.44. The fourth-order valence-corrected chi connectivity index (χ4v) is 2.60. The molecule has 4 nitrogen and oxygen atoms in total. The molecule has 1 fully saturated rings. The van der Waals surface area contributed by atoms with Crippen LogP contribution in [0.2, 0.25) is 0 Å². The smallest absolute Gasteiger partial charge is 0.246 e. The van der Waals surface area contributed by atoms with E-state index in [2.05, 4.69) is 5.32 Å². The van der Waals surface area contributed by atoms with Crippen LogP contribution < -0.4 is 5.32 Å². The molecule has 0 spiro atoms. The summed E-state index contributed by atoms with van der Waals surface area (Å²) < 4.78 is 0. The summed E-state index contributed by atoms with van der Waals surface area (Å²) in [5, 5.41) is 2.73. The fraction of sp³-hybridized carbons (Fsp3) is 0.500. The van der Waals surface area contributed by atoms with Crippen LogP contribution in [-0.4, -0.2) is 28.3 Å². The van der Waals surface area contributed by atoms with E-state index < -0.39 is 11.6 Å². The van der Waals surface area contributed by atoms with Gasteiger partial charge in [0.1, 0.15) is 11.6 Å². The predicted octanol–water partition coefficient (Wildman–Crippen LogP) is 1.93. The lowest BCUT2D eigenvalue weighted by Crippen LogP contribution is -2.67. The van der Waals surface area contributed by atoms with Gasteiger partial charge in [0.25, 0.3) is 0 Å². The van der Waals surface area contributed by atoms with Crippen LogP contribution in [0.25, 0.3) is 0 Å². The normalized spacial score (nSPS) is 21.9. The fourth-order valence-electron chi connectivity index (χ4n) is 2.60. The first-order valence-corrected chi connectivity index (χ1v) is 6.92. The average molecular weight is 274 g/mol. The zero-order valence-corrected chi connectivity index (χ0v) is 12.8. The van der Waals surface area contributed by atoms with Crippen molar-refractivity contribution < 1.29 is 9.59 Å². The molecule has 108 valence electrons. The number of amides is 2. The van der Waals surface area contributed by atoms with E-state index in [4.69, 9.17) is 0 Å². The molecule has 4 heteroatoms. The molecule has 1 N–H and O–H groups in total. The predicted molar refractivity (Wildman–Crippen MR) is 78.1 cm³/mol. The summed E-state index contributed by atoms with van der Waals surface area (Å²) in [6.07, 6.45) is 0. The van der Waals surface area contributed by atoms with Gasteiger partial charge in [0.15, 0.2) is 0 Å². The maximum atomic E-state index is 12.4. The van der Waals surface area contributed by atoms with Crippen molar-refractivity contribution in [2.45, 2.75) is 52.7 Å². The molecule has 1 aliphatic rings. The molecule has 2 amide bonds. The van der Waals surface area contributed by atoms with Crippen LogP contribution in [-0.2, 0) is 16.1 Å². The number of piperazine rings is 1. The first kappa shape index (κ1) is 14.6. The van der Waals surface area contributed by atoms with Crippen molar-refractivity contribution in [3.8, 4) is 0 Å². The molecular formula is C16H22N2O2. The van der Waals surface area contributed by atoms with E-state index in [0.717, 1.165) is 16.7 Å². The van der Waals surface area contributed by atoms with Gasteiger partial charge in [-0.05, 0) is 51.3 Å². The molecule has 0 saturated carbocycles. The minimum absolute atomic E-state index is 0.0303. The van der Waals surface area contributed by atoms with Gasteiger partial charge in [0, 0.05) is 6.54 Å². The van der Waals surface area contributed by atoms with Gasteiger partial charge in [0.2, 0.25) is 11.8 Å². The summed E-state index contributed by atoms with van der Waals surface area (Å²) in [6.45, 7) is 9.86. The van der Waals surface area contributed by atoms with E-state index in [9.17, 15) is 9.59 Å². The quantitative estimate of drug-likeness (QED) is 0.896. The molecule has 0 aromatic heterocycles. The number of hydrogen-bond acceptors (Lipinski definition) is 2. The number of aryl methyl sites for hydroxylation is 2. The Morgan fingerprint density at radius 1 is 1.20 bits per heavy atom. The van der Waals surface area contributed by atoms with E-state index in [-0.39, 0.29) is 11.8 Å². The molecule has 1 aliphatic heterocycles. The molecule has 2 rings (SSSR count). The van der Waals surface area contributed by atoms with Gasteiger partial charge in [-0.3, -0.25) is 9.59 Å². The Kier molecular flexibility index (Phi) is 3.59. The summed E-state index contributed by atoms with van der Waals surface area (Å²) in [7, 11) is 0. The Labute approximate surface area is 120 Å². The van der Waals surface area contributed by atoms with Crippen molar-refractivity contribution in [3.63, 3.8) is 0 Å². The number of nitrogens with one attached hydrogen (secondary N) is 1. The highest BCUT2D eigenvalue weighted by atomic mass is 16.2. The number of hydrogen-bond donors (Lipinski definition) is 1. The Bertz CT molecular complexity index is 543. The first-order valence-electron chi connectivity index (χ1n) is 6.92. The van der Waals surface area contributed by atoms with E-state index in [1.807, 2.05) is 32.0 Å². The number of carbonyl (C=O) groups is 2. The standard InChI is InChI=1S/C16H22N2O2/c1-10-7-6-8-11(2)13(10)9-18-14(19)12(3)17-15(20)16(18,4)5/h6-8,12H,9H2,1-5H3,(H,17,20). The van der Waals surface area contributed by atoms with Crippen LogP contribution in [0.3, 0.4) is 0 Å². The van der Waals surface area contributed by atoms with Crippen LogP contribution in [0.15, 0.2) is 18.2 Å². The topological polar surface area (TPSA) is 49.4 Å². The summed E-state index contributed by atoms with van der Waals surface area (Å²) in [4.78, 5) is 26.2. The van der Waals surface area contributed by atoms with E-state index in [1.54, 1.807) is 25.7 Å². The molecule has 1 unspecified atom stereocenters. The second-order valence-corrected chi connectivity index (χ2v) is 6.05. The molecule has 1 aromatic rings. The molecule has 1 heterocycles. The molecule has 1 saturated heterocycles. The summed E-state index contributed by atoms with van der Waals surface area (Å²) >= 11 is 0. The van der Waals surface area contributed by atoms with E-state index in [1.165, 1.54) is 0 Å². The van der Waals surface area contributed by atoms with Gasteiger partial charge >= 0.3 is 0 Å². The Hall–Kier alpha value is -1.84. The third-order valence-corrected chi connectivity index (χ3v) is 4.18. The van der Waals surface area contributed by atoms with Gasteiger partial charge in [-0.25, -0.2) is 0 Å². The van der Waals surface area contributed by atoms with Crippen LogP contribution >= 0.6 is 0 Å². The summed E-state index contributed by atoms with van der Waals surface area (Å²) in [6, 6.07) is 5.62. The van der Waals surface area contributed by atoms with Gasteiger partial charge in [-0.2, -0.15) is 0 Å². The molecule has 20 heavy (non-hydrogen) atoms. The Morgan fingerprint density at radius 3 is 2.30 bits per heavy atom. The number of benzene rings is 1.